The zero-order valence-electron chi connectivity index (χ0n) is 9.83. The molecule has 15 heavy (non-hydrogen) atoms. The Morgan fingerprint density at radius 2 is 1.93 bits per heavy atom. The van der Waals surface area contributed by atoms with Crippen LogP contribution in [0.2, 0.25) is 0 Å². The number of hydrogen-bond acceptors (Lipinski definition) is 3. The normalized spacial score (nSPS) is 17.1. The number of carboxylic acids is 1. The summed E-state index contributed by atoms with van der Waals surface area (Å²) in [4.78, 5) is 11.1. The van der Waals surface area contributed by atoms with Crippen LogP contribution < -0.4 is 11.5 Å². The standard InChI is InChI=1S/C11H24N2O2/c1-3-5-6-7-9(12)11(13,8-4-2)10(14)15/h9H,3-8,12-13H2,1-2H3,(H,14,15). The molecule has 0 radical (unpaired) electrons. The summed E-state index contributed by atoms with van der Waals surface area (Å²) in [5, 5.41) is 9.09. The van der Waals surface area contributed by atoms with Crippen LogP contribution in [0.25, 0.3) is 0 Å². The number of unbranched alkanes of at least 4 members (excludes halogenated alkanes) is 2. The van der Waals surface area contributed by atoms with Crippen molar-refractivity contribution >= 4 is 5.97 Å². The van der Waals surface area contributed by atoms with Crippen molar-refractivity contribution in [2.45, 2.75) is 64.0 Å². The van der Waals surface area contributed by atoms with Crippen molar-refractivity contribution in [1.82, 2.24) is 0 Å². The molecule has 0 aliphatic heterocycles. The summed E-state index contributed by atoms with van der Waals surface area (Å²) in [5.41, 5.74) is 10.5. The lowest BCUT2D eigenvalue weighted by molar-refractivity contribution is -0.144. The average Bonchev–Trinajstić information content (AvgIpc) is 2.18. The quantitative estimate of drug-likeness (QED) is 0.536. The van der Waals surface area contributed by atoms with E-state index in [9.17, 15) is 4.79 Å². The van der Waals surface area contributed by atoms with Crippen LogP contribution in [0, 0.1) is 0 Å². The largest absolute Gasteiger partial charge is 0.480 e. The van der Waals surface area contributed by atoms with E-state index in [2.05, 4.69) is 6.92 Å². The van der Waals surface area contributed by atoms with Crippen molar-refractivity contribution in [2.75, 3.05) is 0 Å². The van der Waals surface area contributed by atoms with Gasteiger partial charge in [-0.25, -0.2) is 0 Å². The summed E-state index contributed by atoms with van der Waals surface area (Å²) in [6.45, 7) is 4.02. The monoisotopic (exact) mass is 216 g/mol. The molecule has 0 saturated heterocycles. The number of hydrogen-bond donors (Lipinski definition) is 3. The number of nitrogens with two attached hydrogens (primary N) is 2. The van der Waals surface area contributed by atoms with Crippen molar-refractivity contribution in [2.24, 2.45) is 11.5 Å². The Hall–Kier alpha value is -0.610. The molecule has 0 saturated carbocycles. The van der Waals surface area contributed by atoms with Gasteiger partial charge >= 0.3 is 5.97 Å². The van der Waals surface area contributed by atoms with E-state index in [0.717, 1.165) is 25.7 Å². The Balaban J connectivity index is 4.28. The molecule has 0 aromatic carbocycles. The molecule has 2 unspecified atom stereocenters. The molecule has 2 atom stereocenters. The summed E-state index contributed by atoms with van der Waals surface area (Å²) < 4.78 is 0. The van der Waals surface area contributed by atoms with Gasteiger partial charge in [-0.2, -0.15) is 0 Å². The fraction of sp³-hybridized carbons (Fsp3) is 0.909. The van der Waals surface area contributed by atoms with Crippen molar-refractivity contribution in [3.63, 3.8) is 0 Å². The maximum absolute atomic E-state index is 11.1. The molecule has 0 aromatic rings. The topological polar surface area (TPSA) is 89.3 Å². The van der Waals surface area contributed by atoms with Gasteiger partial charge in [0, 0.05) is 6.04 Å². The van der Waals surface area contributed by atoms with Crippen LogP contribution in [0.5, 0.6) is 0 Å². The van der Waals surface area contributed by atoms with E-state index >= 15 is 0 Å². The maximum atomic E-state index is 11.1. The molecule has 0 amide bonds. The average molecular weight is 216 g/mol. The first-order valence-corrected chi connectivity index (χ1v) is 5.76. The number of aliphatic carboxylic acids is 1. The molecule has 4 nitrogen and oxygen atoms in total. The third kappa shape index (κ3) is 4.18. The zero-order chi connectivity index (χ0) is 11.9. The highest BCUT2D eigenvalue weighted by molar-refractivity contribution is 5.79. The molecule has 0 spiro atoms. The fourth-order valence-corrected chi connectivity index (χ4v) is 1.74. The minimum absolute atomic E-state index is 0.440. The summed E-state index contributed by atoms with van der Waals surface area (Å²) in [6.07, 6.45) is 5.00. The van der Waals surface area contributed by atoms with E-state index in [1.54, 1.807) is 0 Å². The lowest BCUT2D eigenvalue weighted by Gasteiger charge is -2.30. The lowest BCUT2D eigenvalue weighted by Crippen LogP contribution is -2.60. The summed E-state index contributed by atoms with van der Waals surface area (Å²) >= 11 is 0. The number of carbonyl (C=O) groups is 1. The first-order valence-electron chi connectivity index (χ1n) is 5.76. The van der Waals surface area contributed by atoms with Crippen LogP contribution in [-0.4, -0.2) is 22.7 Å². The van der Waals surface area contributed by atoms with E-state index in [0.29, 0.717) is 12.8 Å². The van der Waals surface area contributed by atoms with Gasteiger partial charge < -0.3 is 16.6 Å². The molecule has 0 fully saturated rings. The lowest BCUT2D eigenvalue weighted by atomic mass is 9.84. The SMILES string of the molecule is CCCCCC(N)C(N)(CCC)C(=O)O. The second-order valence-electron chi connectivity index (χ2n) is 4.20. The summed E-state index contributed by atoms with van der Waals surface area (Å²) in [6, 6.07) is -0.443. The predicted molar refractivity (Wildman–Crippen MR) is 61.6 cm³/mol. The highest BCUT2D eigenvalue weighted by Crippen LogP contribution is 2.18. The van der Waals surface area contributed by atoms with Gasteiger partial charge in [0.15, 0.2) is 0 Å². The van der Waals surface area contributed by atoms with E-state index in [1.165, 1.54) is 0 Å². The second-order valence-corrected chi connectivity index (χ2v) is 4.20. The molecule has 0 bridgehead atoms. The number of rotatable bonds is 8. The molecule has 0 heterocycles. The van der Waals surface area contributed by atoms with Gasteiger partial charge in [-0.3, -0.25) is 4.79 Å². The van der Waals surface area contributed by atoms with E-state index in [1.807, 2.05) is 6.92 Å². The molecule has 90 valence electrons. The minimum Gasteiger partial charge on any atom is -0.480 e. The molecular weight excluding hydrogens is 192 g/mol. The predicted octanol–water partition coefficient (Wildman–Crippen LogP) is 1.48. The zero-order valence-corrected chi connectivity index (χ0v) is 9.83. The first-order chi connectivity index (χ1) is 6.99. The van der Waals surface area contributed by atoms with Gasteiger partial charge in [0.1, 0.15) is 5.54 Å². The summed E-state index contributed by atoms with van der Waals surface area (Å²) in [5.74, 6) is -0.978. The van der Waals surface area contributed by atoms with Crippen molar-refractivity contribution < 1.29 is 9.90 Å². The van der Waals surface area contributed by atoms with Crippen molar-refractivity contribution in [3.05, 3.63) is 0 Å². The molecule has 0 rings (SSSR count). The highest BCUT2D eigenvalue weighted by atomic mass is 16.4. The Morgan fingerprint density at radius 3 is 2.33 bits per heavy atom. The van der Waals surface area contributed by atoms with Crippen LogP contribution in [0.1, 0.15) is 52.4 Å². The van der Waals surface area contributed by atoms with E-state index < -0.39 is 17.6 Å². The molecule has 0 aliphatic carbocycles. The van der Waals surface area contributed by atoms with Crippen molar-refractivity contribution in [3.8, 4) is 0 Å². The fourth-order valence-electron chi connectivity index (χ4n) is 1.74. The van der Waals surface area contributed by atoms with Crippen LogP contribution in [-0.2, 0) is 4.79 Å². The van der Waals surface area contributed by atoms with Crippen LogP contribution in [0.4, 0.5) is 0 Å². The maximum Gasteiger partial charge on any atom is 0.325 e. The summed E-state index contributed by atoms with van der Waals surface area (Å²) in [7, 11) is 0. The van der Waals surface area contributed by atoms with Gasteiger partial charge in [-0.1, -0.05) is 39.5 Å². The van der Waals surface area contributed by atoms with Crippen LogP contribution >= 0.6 is 0 Å². The molecule has 5 N–H and O–H groups in total. The van der Waals surface area contributed by atoms with Gasteiger partial charge in [-0.15, -0.1) is 0 Å². The molecular formula is C11H24N2O2. The highest BCUT2D eigenvalue weighted by Gasteiger charge is 2.38. The molecule has 0 aromatic heterocycles. The van der Waals surface area contributed by atoms with Crippen LogP contribution in [0.15, 0.2) is 0 Å². The van der Waals surface area contributed by atoms with E-state index in [4.69, 9.17) is 16.6 Å². The van der Waals surface area contributed by atoms with Gasteiger partial charge in [0.25, 0.3) is 0 Å². The Kier molecular flexibility index (Phi) is 6.52. The molecule has 4 heteroatoms. The van der Waals surface area contributed by atoms with E-state index in [-0.39, 0.29) is 0 Å². The molecule has 0 aliphatic rings. The van der Waals surface area contributed by atoms with Gasteiger partial charge in [0.05, 0.1) is 0 Å². The minimum atomic E-state index is -1.25. The Bertz CT molecular complexity index is 197. The van der Waals surface area contributed by atoms with Crippen LogP contribution in [0.3, 0.4) is 0 Å². The van der Waals surface area contributed by atoms with Gasteiger partial charge in [0.2, 0.25) is 0 Å². The third-order valence-electron chi connectivity index (χ3n) is 2.84. The number of carboxylic acid groups (broad SMARTS) is 1. The smallest absolute Gasteiger partial charge is 0.325 e. The Labute approximate surface area is 92.0 Å². The second kappa shape index (κ2) is 6.80. The third-order valence-corrected chi connectivity index (χ3v) is 2.84. The van der Waals surface area contributed by atoms with Gasteiger partial charge in [-0.05, 0) is 12.8 Å². The first kappa shape index (κ1) is 14.4. The van der Waals surface area contributed by atoms with Crippen molar-refractivity contribution in [1.29, 1.82) is 0 Å². The Morgan fingerprint density at radius 1 is 1.33 bits per heavy atom.